The summed E-state index contributed by atoms with van der Waals surface area (Å²) in [7, 11) is 0. The minimum absolute atomic E-state index is 0.0639. The lowest BCUT2D eigenvalue weighted by atomic mass is 10.2. The molecule has 0 spiro atoms. The van der Waals surface area contributed by atoms with Gasteiger partial charge in [0.15, 0.2) is 0 Å². The highest BCUT2D eigenvalue weighted by Gasteiger charge is 2.13. The molecule has 1 rings (SSSR count). The maximum atomic E-state index is 9.02. The number of hydrogen-bond donors (Lipinski definition) is 2. The second-order valence-electron chi connectivity index (χ2n) is 3.51. The molecule has 78 valence electrons. The predicted molar refractivity (Wildman–Crippen MR) is 56.3 cm³/mol. The van der Waals surface area contributed by atoms with Crippen LogP contribution in [0.3, 0.4) is 0 Å². The Morgan fingerprint density at radius 1 is 1.50 bits per heavy atom. The van der Waals surface area contributed by atoms with Crippen molar-refractivity contribution in [2.45, 2.75) is 26.0 Å². The maximum absolute atomic E-state index is 9.02. The van der Waals surface area contributed by atoms with Crippen LogP contribution in [0.15, 0.2) is 24.3 Å². The van der Waals surface area contributed by atoms with E-state index < -0.39 is 0 Å². The third-order valence-corrected chi connectivity index (χ3v) is 2.04. The third-order valence-electron chi connectivity index (χ3n) is 2.04. The van der Waals surface area contributed by atoms with E-state index in [-0.39, 0.29) is 18.8 Å². The molecule has 14 heavy (non-hydrogen) atoms. The summed E-state index contributed by atoms with van der Waals surface area (Å²) in [4.78, 5) is 0. The van der Waals surface area contributed by atoms with E-state index in [1.807, 2.05) is 38.1 Å². The van der Waals surface area contributed by atoms with E-state index in [2.05, 4.69) is 0 Å². The molecule has 0 amide bonds. The molecule has 0 aromatic heterocycles. The predicted octanol–water partition coefficient (Wildman–Crippen LogP) is 1.08. The van der Waals surface area contributed by atoms with E-state index in [0.717, 1.165) is 11.3 Å². The number of aryl methyl sites for hydroxylation is 1. The van der Waals surface area contributed by atoms with E-state index in [1.165, 1.54) is 0 Å². The van der Waals surface area contributed by atoms with E-state index in [1.54, 1.807) is 0 Å². The van der Waals surface area contributed by atoms with Crippen LogP contribution in [0, 0.1) is 6.92 Å². The Labute approximate surface area is 84.5 Å². The summed E-state index contributed by atoms with van der Waals surface area (Å²) in [6.45, 7) is 3.75. The second-order valence-corrected chi connectivity index (χ2v) is 3.51. The van der Waals surface area contributed by atoms with Crippen LogP contribution >= 0.6 is 0 Å². The summed E-state index contributed by atoms with van der Waals surface area (Å²) in [6.07, 6.45) is -0.336. The van der Waals surface area contributed by atoms with Crippen molar-refractivity contribution in [2.75, 3.05) is 6.61 Å². The van der Waals surface area contributed by atoms with Crippen LogP contribution in [0.5, 0.6) is 5.75 Å². The minimum atomic E-state index is -0.336. The van der Waals surface area contributed by atoms with Crippen LogP contribution in [0.1, 0.15) is 12.5 Å². The fraction of sp³-hybridized carbons (Fsp3) is 0.455. The van der Waals surface area contributed by atoms with E-state index in [9.17, 15) is 0 Å². The Morgan fingerprint density at radius 2 is 2.21 bits per heavy atom. The topological polar surface area (TPSA) is 55.5 Å². The Kier molecular flexibility index (Phi) is 3.92. The van der Waals surface area contributed by atoms with Crippen LogP contribution in [0.25, 0.3) is 0 Å². The highest BCUT2D eigenvalue weighted by Crippen LogP contribution is 2.14. The van der Waals surface area contributed by atoms with Crippen molar-refractivity contribution in [3.8, 4) is 5.75 Å². The first-order valence-electron chi connectivity index (χ1n) is 4.73. The maximum Gasteiger partial charge on any atom is 0.136 e. The largest absolute Gasteiger partial charge is 0.486 e. The summed E-state index contributed by atoms with van der Waals surface area (Å²) >= 11 is 0. The Bertz CT molecular complexity index is 286. The zero-order valence-electron chi connectivity index (χ0n) is 8.60. The number of rotatable bonds is 4. The van der Waals surface area contributed by atoms with Crippen molar-refractivity contribution in [3.63, 3.8) is 0 Å². The Morgan fingerprint density at radius 3 is 2.71 bits per heavy atom. The van der Waals surface area contributed by atoms with Crippen molar-refractivity contribution < 1.29 is 9.84 Å². The first kappa shape index (κ1) is 11.0. The molecule has 1 aromatic carbocycles. The van der Waals surface area contributed by atoms with Gasteiger partial charge in [0.25, 0.3) is 0 Å². The summed E-state index contributed by atoms with van der Waals surface area (Å²) in [5.41, 5.74) is 6.78. The normalized spacial score (nSPS) is 14.9. The molecule has 0 saturated heterocycles. The molecule has 0 aliphatic heterocycles. The third kappa shape index (κ3) is 3.01. The average molecular weight is 195 g/mol. The molecular formula is C11H17NO2. The van der Waals surface area contributed by atoms with Crippen molar-refractivity contribution in [3.05, 3.63) is 29.8 Å². The second kappa shape index (κ2) is 4.98. The van der Waals surface area contributed by atoms with Crippen LogP contribution < -0.4 is 10.5 Å². The van der Waals surface area contributed by atoms with Gasteiger partial charge in [-0.2, -0.15) is 0 Å². The highest BCUT2D eigenvalue weighted by molar-refractivity contribution is 5.27. The van der Waals surface area contributed by atoms with Crippen molar-refractivity contribution in [1.29, 1.82) is 0 Å². The fourth-order valence-electron chi connectivity index (χ4n) is 1.17. The zero-order valence-corrected chi connectivity index (χ0v) is 8.60. The van der Waals surface area contributed by atoms with Gasteiger partial charge in [0.05, 0.1) is 6.61 Å². The fourth-order valence-corrected chi connectivity index (χ4v) is 1.17. The number of ether oxygens (including phenoxy) is 1. The smallest absolute Gasteiger partial charge is 0.136 e. The molecule has 2 atom stereocenters. The lowest BCUT2D eigenvalue weighted by Gasteiger charge is -2.20. The first-order valence-corrected chi connectivity index (χ1v) is 4.73. The number of nitrogens with two attached hydrogens (primary N) is 1. The van der Waals surface area contributed by atoms with Gasteiger partial charge in [-0.1, -0.05) is 12.1 Å². The number of hydrogen-bond acceptors (Lipinski definition) is 3. The summed E-state index contributed by atoms with van der Waals surface area (Å²) in [5, 5.41) is 9.02. The molecule has 2 unspecified atom stereocenters. The number of aliphatic hydroxyl groups excluding tert-OH is 1. The van der Waals surface area contributed by atoms with Crippen molar-refractivity contribution in [2.24, 2.45) is 5.73 Å². The van der Waals surface area contributed by atoms with E-state index in [0.29, 0.717) is 0 Å². The zero-order chi connectivity index (χ0) is 10.6. The molecule has 0 aliphatic rings. The van der Waals surface area contributed by atoms with Gasteiger partial charge >= 0.3 is 0 Å². The van der Waals surface area contributed by atoms with Gasteiger partial charge in [0, 0.05) is 6.04 Å². The summed E-state index contributed by atoms with van der Waals surface area (Å²) in [5.74, 6) is 0.751. The molecular weight excluding hydrogens is 178 g/mol. The molecule has 0 aliphatic carbocycles. The Balaban J connectivity index is 2.67. The number of benzene rings is 1. The summed E-state index contributed by atoms with van der Waals surface area (Å²) in [6, 6.07) is 7.51. The van der Waals surface area contributed by atoms with Crippen molar-refractivity contribution in [1.82, 2.24) is 0 Å². The van der Waals surface area contributed by atoms with Gasteiger partial charge in [-0.3, -0.25) is 0 Å². The SMILES string of the molecule is Cc1cccc(OC(CO)C(C)N)c1. The van der Waals surface area contributed by atoms with Crippen LogP contribution in [0.4, 0.5) is 0 Å². The molecule has 0 saturated carbocycles. The summed E-state index contributed by atoms with van der Waals surface area (Å²) < 4.78 is 5.53. The van der Waals surface area contributed by atoms with Gasteiger partial charge in [-0.25, -0.2) is 0 Å². The van der Waals surface area contributed by atoms with Crippen molar-refractivity contribution >= 4 is 0 Å². The molecule has 0 heterocycles. The van der Waals surface area contributed by atoms with Crippen LogP contribution in [-0.2, 0) is 0 Å². The highest BCUT2D eigenvalue weighted by atomic mass is 16.5. The quantitative estimate of drug-likeness (QED) is 0.756. The molecule has 3 nitrogen and oxygen atoms in total. The van der Waals surface area contributed by atoms with Gasteiger partial charge in [-0.15, -0.1) is 0 Å². The molecule has 0 fully saturated rings. The monoisotopic (exact) mass is 195 g/mol. The average Bonchev–Trinajstić information content (AvgIpc) is 2.14. The van der Waals surface area contributed by atoms with E-state index >= 15 is 0 Å². The molecule has 0 radical (unpaired) electrons. The minimum Gasteiger partial charge on any atom is -0.486 e. The standard InChI is InChI=1S/C11H17NO2/c1-8-4-3-5-10(6-8)14-11(7-13)9(2)12/h3-6,9,11,13H,7,12H2,1-2H3. The molecule has 3 N–H and O–H groups in total. The lowest BCUT2D eigenvalue weighted by molar-refractivity contribution is 0.0990. The van der Waals surface area contributed by atoms with Crippen LogP contribution in [-0.4, -0.2) is 23.9 Å². The first-order chi connectivity index (χ1) is 6.63. The van der Waals surface area contributed by atoms with Gasteiger partial charge in [0.1, 0.15) is 11.9 Å². The molecule has 3 heteroatoms. The van der Waals surface area contributed by atoms with Crippen LogP contribution in [0.2, 0.25) is 0 Å². The molecule has 0 bridgehead atoms. The molecule has 1 aromatic rings. The Hall–Kier alpha value is -1.06. The van der Waals surface area contributed by atoms with E-state index in [4.69, 9.17) is 15.6 Å². The number of aliphatic hydroxyl groups is 1. The lowest BCUT2D eigenvalue weighted by Crippen LogP contribution is -2.39. The van der Waals surface area contributed by atoms with Gasteiger partial charge in [-0.05, 0) is 31.5 Å². The van der Waals surface area contributed by atoms with Gasteiger partial charge in [0.2, 0.25) is 0 Å². The van der Waals surface area contributed by atoms with Gasteiger partial charge < -0.3 is 15.6 Å².